The van der Waals surface area contributed by atoms with Gasteiger partial charge in [0.1, 0.15) is 18.0 Å². The van der Waals surface area contributed by atoms with Gasteiger partial charge in [-0.05, 0) is 19.4 Å². The Morgan fingerprint density at radius 3 is 2.77 bits per heavy atom. The van der Waals surface area contributed by atoms with Crippen molar-refractivity contribution in [1.82, 2.24) is 20.5 Å². The highest BCUT2D eigenvalue weighted by Crippen LogP contribution is 2.19. The van der Waals surface area contributed by atoms with Crippen LogP contribution in [-0.2, 0) is 9.53 Å². The standard InChI is InChI=1S/C16H20N4O2/c1-4-10-22-11(2)16(21)18-14(13-8-6-5-7-9-13)15-17-12(3)19-20-15/h4-9,11,14H,1,10H2,2-3H3,(H,18,21)(H,17,19,20). The molecule has 6 heteroatoms. The van der Waals surface area contributed by atoms with E-state index < -0.39 is 12.1 Å². The van der Waals surface area contributed by atoms with Crippen LogP contribution in [0.3, 0.4) is 0 Å². The van der Waals surface area contributed by atoms with Crippen molar-refractivity contribution < 1.29 is 9.53 Å². The second-order valence-electron chi connectivity index (χ2n) is 4.90. The van der Waals surface area contributed by atoms with Crippen LogP contribution in [0.2, 0.25) is 0 Å². The van der Waals surface area contributed by atoms with Crippen LogP contribution < -0.4 is 5.32 Å². The van der Waals surface area contributed by atoms with E-state index in [0.717, 1.165) is 5.56 Å². The van der Waals surface area contributed by atoms with Gasteiger partial charge in [0.15, 0.2) is 5.82 Å². The highest BCUT2D eigenvalue weighted by molar-refractivity contribution is 5.81. The Hall–Kier alpha value is -2.47. The molecule has 0 saturated heterocycles. The average Bonchev–Trinajstić information content (AvgIpc) is 2.97. The summed E-state index contributed by atoms with van der Waals surface area (Å²) in [5.74, 6) is 0.993. The highest BCUT2D eigenvalue weighted by Gasteiger charge is 2.23. The molecule has 2 N–H and O–H groups in total. The number of hydrogen-bond acceptors (Lipinski definition) is 4. The van der Waals surface area contributed by atoms with E-state index in [9.17, 15) is 4.79 Å². The molecule has 2 aromatic rings. The van der Waals surface area contributed by atoms with Crippen LogP contribution >= 0.6 is 0 Å². The number of H-pyrrole nitrogens is 1. The van der Waals surface area contributed by atoms with Crippen molar-refractivity contribution in [3.05, 3.63) is 60.2 Å². The van der Waals surface area contributed by atoms with E-state index in [1.165, 1.54) is 0 Å². The fourth-order valence-electron chi connectivity index (χ4n) is 1.98. The first-order valence-electron chi connectivity index (χ1n) is 7.08. The van der Waals surface area contributed by atoms with Crippen LogP contribution in [0.5, 0.6) is 0 Å². The minimum absolute atomic E-state index is 0.224. The molecule has 1 aromatic carbocycles. The van der Waals surface area contributed by atoms with Crippen molar-refractivity contribution >= 4 is 5.91 Å². The summed E-state index contributed by atoms with van der Waals surface area (Å²) in [6.45, 7) is 7.41. The summed E-state index contributed by atoms with van der Waals surface area (Å²) >= 11 is 0. The van der Waals surface area contributed by atoms with Crippen LogP contribution in [-0.4, -0.2) is 33.8 Å². The lowest BCUT2D eigenvalue weighted by Gasteiger charge is -2.19. The molecule has 6 nitrogen and oxygen atoms in total. The largest absolute Gasteiger partial charge is 0.365 e. The van der Waals surface area contributed by atoms with E-state index in [0.29, 0.717) is 18.3 Å². The van der Waals surface area contributed by atoms with Gasteiger partial charge in [-0.25, -0.2) is 4.98 Å². The van der Waals surface area contributed by atoms with Crippen molar-refractivity contribution in [2.24, 2.45) is 0 Å². The van der Waals surface area contributed by atoms with Crippen LogP contribution in [0, 0.1) is 6.92 Å². The normalized spacial score (nSPS) is 13.4. The minimum atomic E-state index is -0.579. The fraction of sp³-hybridized carbons (Fsp3) is 0.312. The molecule has 0 saturated carbocycles. The molecule has 1 amide bonds. The Balaban J connectivity index is 2.19. The summed E-state index contributed by atoms with van der Waals surface area (Å²) in [4.78, 5) is 16.6. The SMILES string of the molecule is C=CCOC(C)C(=O)NC(c1ccccc1)c1n[nH]c(C)n1. The number of ether oxygens (including phenoxy) is 1. The Kier molecular flexibility index (Phi) is 5.43. The summed E-state index contributed by atoms with van der Waals surface area (Å²) in [5, 5.41) is 9.89. The Morgan fingerprint density at radius 2 is 2.18 bits per heavy atom. The lowest BCUT2D eigenvalue weighted by atomic mass is 10.1. The number of carbonyl (C=O) groups is 1. The Bertz CT molecular complexity index is 624. The number of rotatable bonds is 7. The smallest absolute Gasteiger partial charge is 0.249 e. The number of nitrogens with zero attached hydrogens (tertiary/aromatic N) is 2. The molecule has 0 aliphatic rings. The molecule has 0 radical (unpaired) electrons. The monoisotopic (exact) mass is 300 g/mol. The summed E-state index contributed by atoms with van der Waals surface area (Å²) in [6, 6.07) is 9.16. The maximum absolute atomic E-state index is 12.3. The number of nitrogens with one attached hydrogen (secondary N) is 2. The molecule has 1 heterocycles. The first-order valence-corrected chi connectivity index (χ1v) is 7.08. The van der Waals surface area contributed by atoms with E-state index in [-0.39, 0.29) is 5.91 Å². The van der Waals surface area contributed by atoms with Gasteiger partial charge in [0.05, 0.1) is 6.61 Å². The molecule has 0 fully saturated rings. The van der Waals surface area contributed by atoms with Crippen molar-refractivity contribution in [2.75, 3.05) is 6.61 Å². The predicted molar refractivity (Wildman–Crippen MR) is 83.2 cm³/mol. The zero-order chi connectivity index (χ0) is 15.9. The number of hydrogen-bond donors (Lipinski definition) is 2. The molecule has 2 atom stereocenters. The second-order valence-corrected chi connectivity index (χ2v) is 4.90. The van der Waals surface area contributed by atoms with Gasteiger partial charge in [0.2, 0.25) is 5.91 Å². The quantitative estimate of drug-likeness (QED) is 0.766. The lowest BCUT2D eigenvalue weighted by molar-refractivity contribution is -0.131. The van der Waals surface area contributed by atoms with E-state index in [1.54, 1.807) is 13.0 Å². The van der Waals surface area contributed by atoms with Gasteiger partial charge in [-0.1, -0.05) is 36.4 Å². The van der Waals surface area contributed by atoms with E-state index >= 15 is 0 Å². The highest BCUT2D eigenvalue weighted by atomic mass is 16.5. The third kappa shape index (κ3) is 4.02. The Morgan fingerprint density at radius 1 is 1.45 bits per heavy atom. The molecule has 2 rings (SSSR count). The van der Waals surface area contributed by atoms with Crippen LogP contribution in [0.4, 0.5) is 0 Å². The maximum atomic E-state index is 12.3. The molecule has 0 aliphatic carbocycles. The number of carbonyl (C=O) groups excluding carboxylic acids is 1. The van der Waals surface area contributed by atoms with Gasteiger partial charge in [0, 0.05) is 0 Å². The van der Waals surface area contributed by atoms with Gasteiger partial charge in [0.25, 0.3) is 0 Å². The summed E-state index contributed by atoms with van der Waals surface area (Å²) in [7, 11) is 0. The molecule has 0 bridgehead atoms. The number of aromatic nitrogens is 3. The van der Waals surface area contributed by atoms with Gasteiger partial charge in [-0.2, -0.15) is 5.10 Å². The molecular formula is C16H20N4O2. The van der Waals surface area contributed by atoms with Gasteiger partial charge < -0.3 is 10.1 Å². The average molecular weight is 300 g/mol. The zero-order valence-electron chi connectivity index (χ0n) is 12.7. The summed E-state index contributed by atoms with van der Waals surface area (Å²) < 4.78 is 5.35. The van der Waals surface area contributed by atoms with Crippen molar-refractivity contribution in [2.45, 2.75) is 26.0 Å². The third-order valence-electron chi connectivity index (χ3n) is 3.13. The predicted octanol–water partition coefficient (Wildman–Crippen LogP) is 1.91. The third-order valence-corrected chi connectivity index (χ3v) is 3.13. The molecule has 116 valence electrons. The van der Waals surface area contributed by atoms with E-state index in [2.05, 4.69) is 27.1 Å². The number of aryl methyl sites for hydroxylation is 1. The van der Waals surface area contributed by atoms with E-state index in [4.69, 9.17) is 4.74 Å². The van der Waals surface area contributed by atoms with Gasteiger partial charge in [-0.15, -0.1) is 6.58 Å². The lowest BCUT2D eigenvalue weighted by Crippen LogP contribution is -2.38. The summed E-state index contributed by atoms with van der Waals surface area (Å²) in [6.07, 6.45) is 1.03. The first-order chi connectivity index (χ1) is 10.6. The molecular weight excluding hydrogens is 280 g/mol. The zero-order valence-corrected chi connectivity index (χ0v) is 12.7. The topological polar surface area (TPSA) is 79.9 Å². The number of amides is 1. The molecule has 2 unspecified atom stereocenters. The minimum Gasteiger partial charge on any atom is -0.365 e. The number of benzene rings is 1. The Labute approximate surface area is 129 Å². The van der Waals surface area contributed by atoms with Crippen LogP contribution in [0.1, 0.15) is 30.2 Å². The van der Waals surface area contributed by atoms with Crippen LogP contribution in [0.15, 0.2) is 43.0 Å². The summed E-state index contributed by atoms with van der Waals surface area (Å²) in [5.41, 5.74) is 0.908. The van der Waals surface area contributed by atoms with E-state index in [1.807, 2.05) is 37.3 Å². The molecule has 0 spiro atoms. The maximum Gasteiger partial charge on any atom is 0.249 e. The number of aromatic amines is 1. The molecule has 22 heavy (non-hydrogen) atoms. The molecule has 0 aliphatic heterocycles. The first kappa shape index (κ1) is 15.9. The van der Waals surface area contributed by atoms with Gasteiger partial charge >= 0.3 is 0 Å². The molecule has 1 aromatic heterocycles. The van der Waals surface area contributed by atoms with Crippen molar-refractivity contribution in [3.8, 4) is 0 Å². The van der Waals surface area contributed by atoms with Crippen molar-refractivity contribution in [1.29, 1.82) is 0 Å². The second kappa shape index (κ2) is 7.51. The fourth-order valence-corrected chi connectivity index (χ4v) is 1.98. The van der Waals surface area contributed by atoms with Crippen molar-refractivity contribution in [3.63, 3.8) is 0 Å². The van der Waals surface area contributed by atoms with Crippen LogP contribution in [0.25, 0.3) is 0 Å². The van der Waals surface area contributed by atoms with Gasteiger partial charge in [-0.3, -0.25) is 9.89 Å².